The predicted octanol–water partition coefficient (Wildman–Crippen LogP) is 2.60. The second-order valence-corrected chi connectivity index (χ2v) is 5.32. The molecule has 0 radical (unpaired) electrons. The number of unbranched alkanes of at least 4 members (excludes halogenated alkanes) is 1. The van der Waals surface area contributed by atoms with Gasteiger partial charge in [-0.2, -0.15) is 4.98 Å². The van der Waals surface area contributed by atoms with Gasteiger partial charge in [-0.15, -0.1) is 11.3 Å². The van der Waals surface area contributed by atoms with Crippen LogP contribution in [0.4, 0.5) is 11.8 Å². The molecule has 4 N–H and O–H groups in total. The van der Waals surface area contributed by atoms with Crippen molar-refractivity contribution in [2.45, 2.75) is 26.2 Å². The van der Waals surface area contributed by atoms with Gasteiger partial charge < -0.3 is 10.1 Å². The quantitative estimate of drug-likeness (QED) is 0.374. The highest BCUT2D eigenvalue weighted by Gasteiger charge is 2.07. The number of nitrogens with two attached hydrogens (primary N) is 1. The molecule has 0 amide bonds. The van der Waals surface area contributed by atoms with Crippen LogP contribution in [0.1, 0.15) is 26.2 Å². The zero-order valence-corrected chi connectivity index (χ0v) is 12.5. The van der Waals surface area contributed by atoms with Crippen molar-refractivity contribution in [3.63, 3.8) is 0 Å². The number of thiophene rings is 1. The lowest BCUT2D eigenvalue weighted by atomic mass is 10.3. The Kier molecular flexibility index (Phi) is 5.97. The van der Waals surface area contributed by atoms with Crippen LogP contribution in [-0.2, 0) is 4.74 Å². The summed E-state index contributed by atoms with van der Waals surface area (Å²) in [4.78, 5) is 9.57. The van der Waals surface area contributed by atoms with E-state index in [4.69, 9.17) is 10.6 Å². The maximum Gasteiger partial charge on any atom is 0.240 e. The van der Waals surface area contributed by atoms with Crippen LogP contribution in [-0.4, -0.2) is 29.7 Å². The molecule has 0 aliphatic carbocycles. The Bertz CT molecular complexity index is 530. The average Bonchev–Trinajstić information content (AvgIpc) is 2.94. The van der Waals surface area contributed by atoms with Gasteiger partial charge in [0.25, 0.3) is 0 Å². The standard InChI is InChI=1S/C13H21N5OS/c1-2-3-7-19-8-4-6-15-11-10-5-9-20-12(10)17-13(16-11)18-14/h5,9H,2-4,6-8,14H2,1H3,(H2,15,16,17,18). The van der Waals surface area contributed by atoms with Crippen molar-refractivity contribution in [1.82, 2.24) is 9.97 Å². The number of fused-ring (bicyclic) bond motifs is 1. The topological polar surface area (TPSA) is 85.1 Å². The van der Waals surface area contributed by atoms with Gasteiger partial charge in [0.2, 0.25) is 5.95 Å². The number of anilines is 2. The third-order valence-electron chi connectivity index (χ3n) is 2.85. The number of nitrogens with zero attached hydrogens (tertiary/aromatic N) is 2. The van der Waals surface area contributed by atoms with Crippen molar-refractivity contribution in [2.75, 3.05) is 30.5 Å². The third kappa shape index (κ3) is 4.03. The van der Waals surface area contributed by atoms with Crippen LogP contribution in [0.2, 0.25) is 0 Å². The van der Waals surface area contributed by atoms with E-state index in [1.54, 1.807) is 11.3 Å². The van der Waals surface area contributed by atoms with E-state index in [1.165, 1.54) is 6.42 Å². The fourth-order valence-electron chi connectivity index (χ4n) is 1.78. The number of nitrogens with one attached hydrogen (secondary N) is 2. The van der Waals surface area contributed by atoms with Crippen molar-refractivity contribution >= 4 is 33.3 Å². The highest BCUT2D eigenvalue weighted by atomic mass is 32.1. The van der Waals surface area contributed by atoms with Gasteiger partial charge in [-0.1, -0.05) is 13.3 Å². The molecule has 0 saturated heterocycles. The molecule has 0 unspecified atom stereocenters. The monoisotopic (exact) mass is 295 g/mol. The molecule has 110 valence electrons. The molecule has 2 heterocycles. The first kappa shape index (κ1) is 15.0. The molecular weight excluding hydrogens is 274 g/mol. The molecule has 0 aromatic carbocycles. The summed E-state index contributed by atoms with van der Waals surface area (Å²) in [5.41, 5.74) is 2.49. The van der Waals surface area contributed by atoms with Crippen molar-refractivity contribution in [3.05, 3.63) is 11.4 Å². The lowest BCUT2D eigenvalue weighted by molar-refractivity contribution is 0.131. The van der Waals surface area contributed by atoms with Gasteiger partial charge >= 0.3 is 0 Å². The molecule has 0 saturated carbocycles. The minimum atomic E-state index is 0.432. The summed E-state index contributed by atoms with van der Waals surface area (Å²) in [6, 6.07) is 2.01. The molecule has 2 aromatic rings. The number of hydrogen-bond acceptors (Lipinski definition) is 7. The predicted molar refractivity (Wildman–Crippen MR) is 84.1 cm³/mol. The number of hydrazine groups is 1. The summed E-state index contributed by atoms with van der Waals surface area (Å²) in [6.07, 6.45) is 3.25. The van der Waals surface area contributed by atoms with E-state index in [0.29, 0.717) is 5.95 Å². The van der Waals surface area contributed by atoms with Crippen LogP contribution in [0.25, 0.3) is 10.2 Å². The molecule has 0 bridgehead atoms. The van der Waals surface area contributed by atoms with E-state index >= 15 is 0 Å². The number of nitrogen functional groups attached to an aromatic ring is 1. The Balaban J connectivity index is 1.84. The Morgan fingerprint density at radius 2 is 2.15 bits per heavy atom. The molecular formula is C13H21N5OS. The fourth-order valence-corrected chi connectivity index (χ4v) is 2.55. The summed E-state index contributed by atoms with van der Waals surface area (Å²) in [5, 5.41) is 6.35. The van der Waals surface area contributed by atoms with E-state index < -0.39 is 0 Å². The van der Waals surface area contributed by atoms with Crippen LogP contribution >= 0.6 is 11.3 Å². The molecule has 0 atom stereocenters. The number of rotatable bonds is 9. The summed E-state index contributed by atoms with van der Waals surface area (Å²) in [7, 11) is 0. The lowest BCUT2D eigenvalue weighted by Crippen LogP contribution is -2.13. The molecule has 2 aromatic heterocycles. The maximum absolute atomic E-state index is 5.53. The van der Waals surface area contributed by atoms with E-state index in [2.05, 4.69) is 27.6 Å². The molecule has 0 aliphatic heterocycles. The van der Waals surface area contributed by atoms with Crippen LogP contribution in [0.15, 0.2) is 11.4 Å². The number of hydrogen-bond donors (Lipinski definition) is 3. The third-order valence-corrected chi connectivity index (χ3v) is 3.66. The molecule has 0 fully saturated rings. The van der Waals surface area contributed by atoms with Gasteiger partial charge in [0.15, 0.2) is 0 Å². The second kappa shape index (κ2) is 7.98. The van der Waals surface area contributed by atoms with E-state index in [9.17, 15) is 0 Å². The maximum atomic E-state index is 5.53. The van der Waals surface area contributed by atoms with Crippen LogP contribution in [0.5, 0.6) is 0 Å². The highest BCUT2D eigenvalue weighted by molar-refractivity contribution is 7.16. The summed E-state index contributed by atoms with van der Waals surface area (Å²) in [6.45, 7) is 4.60. The smallest absolute Gasteiger partial charge is 0.240 e. The Labute approximate surface area is 122 Å². The Morgan fingerprint density at radius 3 is 2.95 bits per heavy atom. The van der Waals surface area contributed by atoms with Crippen molar-refractivity contribution in [3.8, 4) is 0 Å². The number of aromatic nitrogens is 2. The first-order chi connectivity index (χ1) is 9.85. The SMILES string of the molecule is CCCCOCCCNc1nc(NN)nc2sccc12. The van der Waals surface area contributed by atoms with Crippen molar-refractivity contribution in [1.29, 1.82) is 0 Å². The number of ether oxygens (including phenoxy) is 1. The summed E-state index contributed by atoms with van der Waals surface area (Å²) >= 11 is 1.57. The summed E-state index contributed by atoms with van der Waals surface area (Å²) < 4.78 is 5.53. The van der Waals surface area contributed by atoms with Crippen LogP contribution < -0.4 is 16.6 Å². The van der Waals surface area contributed by atoms with E-state index in [0.717, 1.165) is 48.6 Å². The van der Waals surface area contributed by atoms with Crippen LogP contribution in [0, 0.1) is 0 Å². The first-order valence-electron chi connectivity index (χ1n) is 6.88. The average molecular weight is 295 g/mol. The molecule has 7 heteroatoms. The Hall–Kier alpha value is -1.44. The second-order valence-electron chi connectivity index (χ2n) is 4.43. The lowest BCUT2D eigenvalue weighted by Gasteiger charge is -2.08. The minimum Gasteiger partial charge on any atom is -0.381 e. The molecule has 2 rings (SSSR count). The van der Waals surface area contributed by atoms with Gasteiger partial charge in [0, 0.05) is 19.8 Å². The minimum absolute atomic E-state index is 0.432. The zero-order valence-electron chi connectivity index (χ0n) is 11.7. The van der Waals surface area contributed by atoms with E-state index in [1.807, 2.05) is 11.4 Å². The highest BCUT2D eigenvalue weighted by Crippen LogP contribution is 2.26. The van der Waals surface area contributed by atoms with Crippen LogP contribution in [0.3, 0.4) is 0 Å². The molecule has 6 nitrogen and oxygen atoms in total. The van der Waals surface area contributed by atoms with Crippen molar-refractivity contribution < 1.29 is 4.74 Å². The van der Waals surface area contributed by atoms with Gasteiger partial charge in [-0.05, 0) is 24.3 Å². The molecule has 20 heavy (non-hydrogen) atoms. The van der Waals surface area contributed by atoms with Gasteiger partial charge in [-0.25, -0.2) is 10.8 Å². The van der Waals surface area contributed by atoms with Gasteiger partial charge in [-0.3, -0.25) is 5.43 Å². The first-order valence-corrected chi connectivity index (χ1v) is 7.76. The van der Waals surface area contributed by atoms with Crippen molar-refractivity contribution in [2.24, 2.45) is 5.84 Å². The summed E-state index contributed by atoms with van der Waals surface area (Å²) in [5.74, 6) is 6.63. The van der Waals surface area contributed by atoms with Gasteiger partial charge in [0.05, 0.1) is 5.39 Å². The Morgan fingerprint density at radius 1 is 1.30 bits per heavy atom. The van der Waals surface area contributed by atoms with Gasteiger partial charge in [0.1, 0.15) is 10.6 Å². The van der Waals surface area contributed by atoms with E-state index in [-0.39, 0.29) is 0 Å². The molecule has 0 spiro atoms. The largest absolute Gasteiger partial charge is 0.381 e. The fraction of sp³-hybridized carbons (Fsp3) is 0.538. The normalized spacial score (nSPS) is 10.9. The zero-order chi connectivity index (χ0) is 14.2. The molecule has 0 aliphatic rings.